The lowest BCUT2D eigenvalue weighted by atomic mass is 9.98. The number of hydrazone groups is 1. The molecule has 0 fully saturated rings. The normalized spacial score (nSPS) is 16.1. The molecule has 0 saturated heterocycles. The summed E-state index contributed by atoms with van der Waals surface area (Å²) in [5.41, 5.74) is -0.437. The Kier molecular flexibility index (Phi) is 3.04. The van der Waals surface area contributed by atoms with E-state index in [-0.39, 0.29) is 11.1 Å². The number of nitrogens with zero attached hydrogens (tertiary/aromatic N) is 2. The molecule has 0 radical (unpaired) electrons. The molecule has 0 aliphatic carbocycles. The number of alkyl halides is 3. The Morgan fingerprint density at radius 3 is 2.44 bits per heavy atom. The van der Waals surface area contributed by atoms with Gasteiger partial charge in [-0.3, -0.25) is 5.01 Å². The summed E-state index contributed by atoms with van der Waals surface area (Å²) in [5.74, 6) is -0.849. The van der Waals surface area contributed by atoms with E-state index < -0.39 is 17.6 Å². The number of hydrogen-bond donors (Lipinski definition) is 0. The summed E-state index contributed by atoms with van der Waals surface area (Å²) in [5, 5.41) is 5.61. The second-order valence-corrected chi connectivity index (χ2v) is 4.32. The number of hydrogen-bond acceptors (Lipinski definition) is 2. The van der Waals surface area contributed by atoms with Crippen LogP contribution in [0.2, 0.25) is 0 Å². The quantitative estimate of drug-likeness (QED) is 0.708. The van der Waals surface area contributed by atoms with Crippen LogP contribution in [0, 0.1) is 12.7 Å². The molecule has 18 heavy (non-hydrogen) atoms. The number of aryl methyl sites for hydroxylation is 1. The van der Waals surface area contributed by atoms with Gasteiger partial charge in [-0.1, -0.05) is 0 Å². The Morgan fingerprint density at radius 1 is 1.28 bits per heavy atom. The van der Waals surface area contributed by atoms with E-state index in [4.69, 9.17) is 0 Å². The minimum Gasteiger partial charge on any atom is -0.299 e. The summed E-state index contributed by atoms with van der Waals surface area (Å²) in [4.78, 5) is 0. The van der Waals surface area contributed by atoms with Gasteiger partial charge in [0.2, 0.25) is 0 Å². The molecule has 1 aliphatic heterocycles. The van der Waals surface area contributed by atoms with Crippen molar-refractivity contribution in [3.05, 3.63) is 34.6 Å². The number of halogens is 4. The van der Waals surface area contributed by atoms with Crippen molar-refractivity contribution in [2.45, 2.75) is 19.5 Å². The molecule has 6 heteroatoms. The first-order valence-corrected chi connectivity index (χ1v) is 5.45. The Balaban J connectivity index is 2.58. The van der Waals surface area contributed by atoms with Gasteiger partial charge in [0.15, 0.2) is 0 Å². The maximum atomic E-state index is 13.3. The first-order valence-electron chi connectivity index (χ1n) is 5.45. The van der Waals surface area contributed by atoms with E-state index in [1.54, 1.807) is 12.1 Å². The van der Waals surface area contributed by atoms with E-state index in [9.17, 15) is 17.6 Å². The van der Waals surface area contributed by atoms with Crippen molar-refractivity contribution in [3.8, 4) is 0 Å². The van der Waals surface area contributed by atoms with Crippen molar-refractivity contribution in [3.63, 3.8) is 0 Å². The third-order valence-electron chi connectivity index (χ3n) is 2.88. The van der Waals surface area contributed by atoms with Gasteiger partial charge in [0.05, 0.1) is 11.3 Å². The van der Waals surface area contributed by atoms with E-state index in [0.717, 1.165) is 0 Å². The fourth-order valence-corrected chi connectivity index (χ4v) is 1.92. The maximum Gasteiger partial charge on any atom is 0.417 e. The molecular weight excluding hydrogens is 248 g/mol. The van der Waals surface area contributed by atoms with Crippen molar-refractivity contribution < 1.29 is 17.6 Å². The summed E-state index contributed by atoms with van der Waals surface area (Å²) in [6.07, 6.45) is -4.14. The van der Waals surface area contributed by atoms with Gasteiger partial charge in [0.1, 0.15) is 5.82 Å². The summed E-state index contributed by atoms with van der Waals surface area (Å²) in [6, 6.07) is 1.77. The molecule has 98 valence electrons. The van der Waals surface area contributed by atoms with Gasteiger partial charge < -0.3 is 0 Å². The largest absolute Gasteiger partial charge is 0.417 e. The third-order valence-corrected chi connectivity index (χ3v) is 2.88. The molecule has 1 heterocycles. The van der Waals surface area contributed by atoms with Crippen molar-refractivity contribution in [1.29, 1.82) is 0 Å². The Morgan fingerprint density at radius 2 is 1.94 bits per heavy atom. The second kappa shape index (κ2) is 4.26. The topological polar surface area (TPSA) is 15.6 Å². The number of benzene rings is 1. The van der Waals surface area contributed by atoms with Gasteiger partial charge in [-0.25, -0.2) is 4.39 Å². The lowest BCUT2D eigenvalue weighted by Gasteiger charge is -2.14. The van der Waals surface area contributed by atoms with Crippen LogP contribution in [0.1, 0.15) is 23.1 Å². The van der Waals surface area contributed by atoms with Gasteiger partial charge in [0, 0.05) is 25.6 Å². The molecule has 1 aliphatic rings. The highest BCUT2D eigenvalue weighted by molar-refractivity contribution is 6.02. The van der Waals surface area contributed by atoms with Gasteiger partial charge in [-0.2, -0.15) is 18.3 Å². The lowest BCUT2D eigenvalue weighted by Crippen LogP contribution is -2.14. The first kappa shape index (κ1) is 12.9. The summed E-state index contributed by atoms with van der Waals surface area (Å²) >= 11 is 0. The predicted octanol–water partition coefficient (Wildman–Crippen LogP) is 3.19. The molecule has 1 aromatic carbocycles. The standard InChI is InChI=1S/C12H12F4N2/c1-7-5-8(11-3-4-18(2)17-11)9(6-10(7)13)12(14,15)16/h5-6H,3-4H2,1-2H3. The molecule has 0 atom stereocenters. The predicted molar refractivity (Wildman–Crippen MR) is 59.9 cm³/mol. The maximum absolute atomic E-state index is 13.3. The lowest BCUT2D eigenvalue weighted by molar-refractivity contribution is -0.137. The van der Waals surface area contributed by atoms with Gasteiger partial charge >= 0.3 is 6.18 Å². The van der Waals surface area contributed by atoms with Crippen LogP contribution >= 0.6 is 0 Å². The van der Waals surface area contributed by atoms with Crippen LogP contribution in [0.25, 0.3) is 0 Å². The zero-order valence-electron chi connectivity index (χ0n) is 9.98. The van der Waals surface area contributed by atoms with Crippen molar-refractivity contribution in [2.75, 3.05) is 13.6 Å². The smallest absolute Gasteiger partial charge is 0.299 e. The highest BCUT2D eigenvalue weighted by atomic mass is 19.4. The average molecular weight is 260 g/mol. The molecule has 1 aromatic rings. The third kappa shape index (κ3) is 2.32. The van der Waals surface area contributed by atoms with Gasteiger partial charge in [0.25, 0.3) is 0 Å². The molecule has 2 rings (SSSR count). The Labute approximate surface area is 102 Å². The molecule has 0 spiro atoms. The molecule has 2 nitrogen and oxygen atoms in total. The van der Waals surface area contributed by atoms with E-state index in [1.807, 2.05) is 0 Å². The number of rotatable bonds is 1. The van der Waals surface area contributed by atoms with Crippen LogP contribution in [0.15, 0.2) is 17.2 Å². The molecule has 0 unspecified atom stereocenters. The van der Waals surface area contributed by atoms with Crippen LogP contribution in [-0.2, 0) is 6.18 Å². The first-order chi connectivity index (χ1) is 8.29. The Bertz CT molecular complexity index is 506. The molecular formula is C12H12F4N2. The SMILES string of the molecule is Cc1cc(C2=NN(C)CC2)c(C(F)(F)F)cc1F. The molecule has 0 N–H and O–H groups in total. The highest BCUT2D eigenvalue weighted by Crippen LogP contribution is 2.34. The zero-order valence-corrected chi connectivity index (χ0v) is 9.98. The van der Waals surface area contributed by atoms with Crippen molar-refractivity contribution in [1.82, 2.24) is 5.01 Å². The van der Waals surface area contributed by atoms with E-state index in [0.29, 0.717) is 24.7 Å². The molecule has 0 amide bonds. The van der Waals surface area contributed by atoms with Crippen molar-refractivity contribution in [2.24, 2.45) is 5.10 Å². The van der Waals surface area contributed by atoms with E-state index in [1.165, 1.54) is 13.0 Å². The zero-order chi connectivity index (χ0) is 13.5. The monoisotopic (exact) mass is 260 g/mol. The fourth-order valence-electron chi connectivity index (χ4n) is 1.92. The van der Waals surface area contributed by atoms with Crippen LogP contribution in [0.5, 0.6) is 0 Å². The van der Waals surface area contributed by atoms with Crippen LogP contribution in [0.3, 0.4) is 0 Å². The minimum absolute atomic E-state index is 0.0225. The van der Waals surface area contributed by atoms with Gasteiger partial charge in [-0.05, 0) is 24.6 Å². The van der Waals surface area contributed by atoms with E-state index in [2.05, 4.69) is 5.10 Å². The second-order valence-electron chi connectivity index (χ2n) is 4.32. The van der Waals surface area contributed by atoms with Crippen LogP contribution in [-0.4, -0.2) is 24.3 Å². The molecule has 0 bridgehead atoms. The average Bonchev–Trinajstić information content (AvgIpc) is 2.67. The Hall–Kier alpha value is -1.59. The van der Waals surface area contributed by atoms with Gasteiger partial charge in [-0.15, -0.1) is 0 Å². The molecule has 0 saturated carbocycles. The summed E-state index contributed by atoms with van der Waals surface area (Å²) in [7, 11) is 1.69. The van der Waals surface area contributed by atoms with Crippen LogP contribution < -0.4 is 0 Å². The van der Waals surface area contributed by atoms with Crippen molar-refractivity contribution >= 4 is 5.71 Å². The van der Waals surface area contributed by atoms with Crippen LogP contribution in [0.4, 0.5) is 17.6 Å². The van der Waals surface area contributed by atoms with E-state index >= 15 is 0 Å². The highest BCUT2D eigenvalue weighted by Gasteiger charge is 2.36. The summed E-state index contributed by atoms with van der Waals surface area (Å²) < 4.78 is 51.9. The molecule has 0 aromatic heterocycles. The minimum atomic E-state index is -4.58. The summed E-state index contributed by atoms with van der Waals surface area (Å²) in [6.45, 7) is 2.02. The fraction of sp³-hybridized carbons (Fsp3) is 0.417.